The Labute approximate surface area is 104 Å². The lowest BCUT2D eigenvalue weighted by atomic mass is 10.4. The van der Waals surface area contributed by atoms with E-state index in [-0.39, 0.29) is 10.7 Å². The minimum Gasteiger partial charge on any atom is -0.394 e. The molecule has 0 aliphatic carbocycles. The zero-order chi connectivity index (χ0) is 13.5. The lowest BCUT2D eigenvalue weighted by Crippen LogP contribution is -2.16. The molecule has 9 heteroatoms. The quantitative estimate of drug-likeness (QED) is 0.733. The summed E-state index contributed by atoms with van der Waals surface area (Å²) in [5, 5.41) is 10.3. The maximum atomic E-state index is 12.1. The Hall–Kier alpha value is -2.03. The third-order valence-electron chi connectivity index (χ3n) is 2.57. The van der Waals surface area contributed by atoms with Crippen LogP contribution in [0.2, 0.25) is 0 Å². The molecule has 0 aliphatic rings. The van der Waals surface area contributed by atoms with E-state index in [1.807, 2.05) is 0 Å². The first-order valence-corrected chi connectivity index (χ1v) is 6.63. The van der Waals surface area contributed by atoms with E-state index < -0.39 is 10.0 Å². The smallest absolute Gasteiger partial charge is 0.266 e. The van der Waals surface area contributed by atoms with E-state index in [1.54, 1.807) is 20.9 Å². The number of aromatic amines is 1. The van der Waals surface area contributed by atoms with Gasteiger partial charge in [0.25, 0.3) is 10.0 Å². The molecule has 2 rings (SSSR count). The normalized spacial score (nSPS) is 11.7. The van der Waals surface area contributed by atoms with Crippen molar-refractivity contribution in [2.45, 2.75) is 18.7 Å². The molecule has 0 saturated heterocycles. The molecule has 0 atom stereocenters. The molecular formula is C9H14N6O2S. The van der Waals surface area contributed by atoms with Gasteiger partial charge in [-0.2, -0.15) is 10.2 Å². The molecule has 2 aromatic rings. The van der Waals surface area contributed by atoms with Crippen LogP contribution in [0.25, 0.3) is 0 Å². The third-order valence-corrected chi connectivity index (χ3v) is 4.03. The summed E-state index contributed by atoms with van der Waals surface area (Å²) >= 11 is 0. The fourth-order valence-corrected chi connectivity index (χ4v) is 2.84. The van der Waals surface area contributed by atoms with Gasteiger partial charge >= 0.3 is 0 Å². The maximum Gasteiger partial charge on any atom is 0.266 e. The Kier molecular flexibility index (Phi) is 2.77. The first-order valence-electron chi connectivity index (χ1n) is 5.15. The number of hydrogen-bond donors (Lipinski definition) is 3. The van der Waals surface area contributed by atoms with Crippen LogP contribution in [0.1, 0.15) is 11.4 Å². The summed E-state index contributed by atoms with van der Waals surface area (Å²) in [6, 6.07) is 0. The molecule has 0 aliphatic heterocycles. The Balaban J connectivity index is 2.43. The Morgan fingerprint density at radius 2 is 2.11 bits per heavy atom. The van der Waals surface area contributed by atoms with Gasteiger partial charge in [0, 0.05) is 7.05 Å². The van der Waals surface area contributed by atoms with Gasteiger partial charge in [0.15, 0.2) is 5.82 Å². The highest BCUT2D eigenvalue weighted by atomic mass is 32.2. The van der Waals surface area contributed by atoms with Crippen molar-refractivity contribution >= 4 is 21.5 Å². The second-order valence-corrected chi connectivity index (χ2v) is 5.59. The van der Waals surface area contributed by atoms with E-state index in [0.29, 0.717) is 17.1 Å². The van der Waals surface area contributed by atoms with Crippen LogP contribution < -0.4 is 10.5 Å². The highest BCUT2D eigenvalue weighted by molar-refractivity contribution is 7.92. The van der Waals surface area contributed by atoms with Crippen molar-refractivity contribution in [3.05, 3.63) is 17.6 Å². The topological polar surface area (TPSA) is 119 Å². The maximum absolute atomic E-state index is 12.1. The first kappa shape index (κ1) is 12.4. The lowest BCUT2D eigenvalue weighted by Gasteiger charge is -2.08. The molecule has 0 amide bonds. The molecular weight excluding hydrogens is 256 g/mol. The fourth-order valence-electron chi connectivity index (χ4n) is 1.59. The summed E-state index contributed by atoms with van der Waals surface area (Å²) in [6.45, 7) is 3.33. The van der Waals surface area contributed by atoms with E-state index in [9.17, 15) is 8.42 Å². The fraction of sp³-hybridized carbons (Fsp3) is 0.333. The molecule has 0 bridgehead atoms. The van der Waals surface area contributed by atoms with Gasteiger partial charge in [0.05, 0.1) is 23.3 Å². The Morgan fingerprint density at radius 3 is 2.56 bits per heavy atom. The van der Waals surface area contributed by atoms with Crippen LogP contribution in [0.3, 0.4) is 0 Å². The van der Waals surface area contributed by atoms with Crippen LogP contribution >= 0.6 is 0 Å². The van der Waals surface area contributed by atoms with Crippen molar-refractivity contribution in [3.8, 4) is 0 Å². The number of nitrogens with zero attached hydrogens (tertiary/aromatic N) is 3. The molecule has 2 heterocycles. The minimum atomic E-state index is -3.72. The average Bonchev–Trinajstić information content (AvgIpc) is 2.79. The van der Waals surface area contributed by atoms with Gasteiger partial charge in [-0.05, 0) is 13.8 Å². The Morgan fingerprint density at radius 1 is 1.44 bits per heavy atom. The number of sulfonamides is 1. The predicted molar refractivity (Wildman–Crippen MR) is 66.5 cm³/mol. The van der Waals surface area contributed by atoms with E-state index in [2.05, 4.69) is 20.0 Å². The average molecular weight is 270 g/mol. The van der Waals surface area contributed by atoms with Crippen LogP contribution in [0.4, 0.5) is 11.5 Å². The van der Waals surface area contributed by atoms with Crippen LogP contribution in [0, 0.1) is 13.8 Å². The molecule has 0 spiro atoms. The number of H-pyrrole nitrogens is 1. The highest BCUT2D eigenvalue weighted by Gasteiger charge is 2.22. The Bertz CT molecular complexity index is 684. The summed E-state index contributed by atoms with van der Waals surface area (Å²) in [5.74, 6) is 0.244. The first-order chi connectivity index (χ1) is 8.33. The number of hydrogen-bond acceptors (Lipinski definition) is 5. The monoisotopic (exact) mass is 270 g/mol. The summed E-state index contributed by atoms with van der Waals surface area (Å²) < 4.78 is 28.1. The second-order valence-electron chi connectivity index (χ2n) is 3.94. The zero-order valence-electron chi connectivity index (χ0n) is 10.2. The minimum absolute atomic E-state index is 0.0840. The van der Waals surface area contributed by atoms with Gasteiger partial charge in [-0.3, -0.25) is 9.82 Å². The lowest BCUT2D eigenvalue weighted by molar-refractivity contribution is 0.599. The van der Waals surface area contributed by atoms with Gasteiger partial charge in [-0.1, -0.05) is 0 Å². The molecule has 0 unspecified atom stereocenters. The summed E-state index contributed by atoms with van der Waals surface area (Å²) in [4.78, 5) is 0.0840. The number of anilines is 2. The van der Waals surface area contributed by atoms with Crippen LogP contribution in [0.15, 0.2) is 11.1 Å². The number of nitrogens with two attached hydrogens (primary N) is 1. The van der Waals surface area contributed by atoms with E-state index in [1.165, 1.54) is 10.9 Å². The van der Waals surface area contributed by atoms with Crippen molar-refractivity contribution in [1.82, 2.24) is 20.0 Å². The van der Waals surface area contributed by atoms with E-state index in [4.69, 9.17) is 5.73 Å². The van der Waals surface area contributed by atoms with Crippen molar-refractivity contribution in [1.29, 1.82) is 0 Å². The van der Waals surface area contributed by atoms with Crippen molar-refractivity contribution in [2.24, 2.45) is 7.05 Å². The molecule has 0 fully saturated rings. The molecule has 98 valence electrons. The molecule has 2 aromatic heterocycles. The van der Waals surface area contributed by atoms with E-state index >= 15 is 0 Å². The van der Waals surface area contributed by atoms with Crippen molar-refractivity contribution in [3.63, 3.8) is 0 Å². The van der Waals surface area contributed by atoms with Crippen LogP contribution in [-0.4, -0.2) is 28.4 Å². The summed E-state index contributed by atoms with van der Waals surface area (Å²) in [5.41, 5.74) is 7.10. The summed E-state index contributed by atoms with van der Waals surface area (Å²) in [6.07, 6.45) is 1.25. The molecule has 0 aromatic carbocycles. The van der Waals surface area contributed by atoms with Crippen molar-refractivity contribution in [2.75, 3.05) is 10.5 Å². The highest BCUT2D eigenvalue weighted by Crippen LogP contribution is 2.24. The summed E-state index contributed by atoms with van der Waals surface area (Å²) in [7, 11) is -2.10. The van der Waals surface area contributed by atoms with Gasteiger partial charge in [0.2, 0.25) is 0 Å². The molecule has 0 saturated carbocycles. The van der Waals surface area contributed by atoms with Crippen molar-refractivity contribution < 1.29 is 8.42 Å². The van der Waals surface area contributed by atoms with Gasteiger partial charge in [-0.15, -0.1) is 0 Å². The molecule has 18 heavy (non-hydrogen) atoms. The number of nitrogens with one attached hydrogen (secondary N) is 2. The standard InChI is InChI=1S/C9H14N6O2S/c1-5-7(4-11-12-5)18(16,17)14-9-8(10)6(2)13-15(9)3/h4,14H,10H2,1-3H3,(H,11,12). The van der Waals surface area contributed by atoms with Crippen LogP contribution in [-0.2, 0) is 17.1 Å². The largest absolute Gasteiger partial charge is 0.394 e. The SMILES string of the molecule is Cc1nn(C)c(NS(=O)(=O)c2cn[nH]c2C)c1N. The molecule has 0 radical (unpaired) electrons. The van der Waals surface area contributed by atoms with Gasteiger partial charge in [0.1, 0.15) is 4.90 Å². The predicted octanol–water partition coefficient (Wildman–Crippen LogP) is 0.143. The molecule has 4 N–H and O–H groups in total. The van der Waals surface area contributed by atoms with E-state index in [0.717, 1.165) is 0 Å². The van der Waals surface area contributed by atoms with Gasteiger partial charge < -0.3 is 5.73 Å². The third kappa shape index (κ3) is 1.92. The second kappa shape index (κ2) is 4.02. The van der Waals surface area contributed by atoms with Crippen LogP contribution in [0.5, 0.6) is 0 Å². The van der Waals surface area contributed by atoms with Gasteiger partial charge in [-0.25, -0.2) is 13.1 Å². The molecule has 8 nitrogen and oxygen atoms in total. The number of aromatic nitrogens is 4. The zero-order valence-corrected chi connectivity index (χ0v) is 11.0. The number of aryl methyl sites for hydroxylation is 3. The number of rotatable bonds is 3. The number of nitrogen functional groups attached to an aromatic ring is 1.